The number of rotatable bonds is 3. The van der Waals surface area contributed by atoms with Crippen molar-refractivity contribution in [1.29, 1.82) is 0 Å². The first kappa shape index (κ1) is 13.3. The Morgan fingerprint density at radius 3 is 3.05 bits per heavy atom. The molecule has 1 unspecified atom stereocenters. The maximum atomic E-state index is 11.4. The molecular weight excluding hydrogens is 246 g/mol. The zero-order valence-corrected chi connectivity index (χ0v) is 11.1. The van der Waals surface area contributed by atoms with Gasteiger partial charge >= 0.3 is 6.09 Å². The molecule has 5 heteroatoms. The Hall–Kier alpha value is -2.17. The topological polar surface area (TPSA) is 56.8 Å². The van der Waals surface area contributed by atoms with E-state index < -0.39 is 6.09 Å². The van der Waals surface area contributed by atoms with Gasteiger partial charge < -0.3 is 19.5 Å². The van der Waals surface area contributed by atoms with E-state index in [9.17, 15) is 4.79 Å². The number of carbonyl (C=O) groups excluding carboxylic acids is 1. The molecule has 1 aliphatic rings. The molecule has 1 atom stereocenters. The number of nitrogens with one attached hydrogen (secondary N) is 1. The van der Waals surface area contributed by atoms with Crippen molar-refractivity contribution in [1.82, 2.24) is 5.32 Å². The van der Waals surface area contributed by atoms with Gasteiger partial charge in [0.2, 0.25) is 0 Å². The summed E-state index contributed by atoms with van der Waals surface area (Å²) >= 11 is 0. The van der Waals surface area contributed by atoms with E-state index in [2.05, 4.69) is 11.9 Å². The monoisotopic (exact) mass is 263 g/mol. The average molecular weight is 263 g/mol. The van der Waals surface area contributed by atoms with Gasteiger partial charge in [-0.15, -0.1) is 0 Å². The molecule has 5 nitrogen and oxygen atoms in total. The van der Waals surface area contributed by atoms with Crippen molar-refractivity contribution in [3.05, 3.63) is 30.3 Å². The zero-order valence-electron chi connectivity index (χ0n) is 11.1. The van der Waals surface area contributed by atoms with E-state index in [4.69, 9.17) is 14.2 Å². The summed E-state index contributed by atoms with van der Waals surface area (Å²) in [6, 6.07) is 5.21. The lowest BCUT2D eigenvalue weighted by atomic mass is 9.97. The summed E-state index contributed by atoms with van der Waals surface area (Å²) < 4.78 is 15.6. The van der Waals surface area contributed by atoms with Gasteiger partial charge in [0.25, 0.3) is 0 Å². The van der Waals surface area contributed by atoms with Gasteiger partial charge in [-0.25, -0.2) is 4.79 Å². The Bertz CT molecular complexity index is 498. The number of hydrogen-bond donors (Lipinski definition) is 1. The molecule has 1 heterocycles. The zero-order chi connectivity index (χ0) is 13.8. The standard InChI is InChI=1S/C14H17NO4/c1-4-18-14(16)15-12-8-19-13-6-5-10(17-3)7-11(13)9(12)2/h5-7,12H,2,4,8H2,1,3H3,(H,15,16). The van der Waals surface area contributed by atoms with Gasteiger partial charge in [-0.05, 0) is 30.7 Å². The molecule has 0 saturated carbocycles. The number of amides is 1. The second kappa shape index (κ2) is 5.65. The number of methoxy groups -OCH3 is 1. The molecule has 0 radical (unpaired) electrons. The Morgan fingerprint density at radius 2 is 2.37 bits per heavy atom. The van der Waals surface area contributed by atoms with Crippen molar-refractivity contribution in [3.63, 3.8) is 0 Å². The van der Waals surface area contributed by atoms with Crippen LogP contribution < -0.4 is 14.8 Å². The molecule has 1 aliphatic heterocycles. The Labute approximate surface area is 112 Å². The predicted molar refractivity (Wildman–Crippen MR) is 71.5 cm³/mol. The summed E-state index contributed by atoms with van der Waals surface area (Å²) in [6.07, 6.45) is -0.469. The SMILES string of the molecule is C=C1c2cc(OC)ccc2OCC1NC(=O)OCC. The highest BCUT2D eigenvalue weighted by atomic mass is 16.5. The van der Waals surface area contributed by atoms with E-state index in [0.717, 1.165) is 22.6 Å². The maximum absolute atomic E-state index is 11.4. The minimum absolute atomic E-state index is 0.293. The van der Waals surface area contributed by atoms with E-state index in [1.54, 1.807) is 14.0 Å². The lowest BCUT2D eigenvalue weighted by molar-refractivity contribution is 0.146. The van der Waals surface area contributed by atoms with Crippen LogP contribution in [-0.2, 0) is 4.74 Å². The fourth-order valence-corrected chi connectivity index (χ4v) is 1.92. The molecule has 1 amide bonds. The van der Waals surface area contributed by atoms with Gasteiger partial charge in [0.1, 0.15) is 18.1 Å². The first-order chi connectivity index (χ1) is 9.15. The lowest BCUT2D eigenvalue weighted by Gasteiger charge is -2.28. The van der Waals surface area contributed by atoms with Crippen LogP contribution in [0.4, 0.5) is 4.79 Å². The lowest BCUT2D eigenvalue weighted by Crippen LogP contribution is -2.42. The molecule has 1 aromatic carbocycles. The van der Waals surface area contributed by atoms with Crippen LogP contribution in [0.3, 0.4) is 0 Å². The average Bonchev–Trinajstić information content (AvgIpc) is 2.42. The number of ether oxygens (including phenoxy) is 3. The first-order valence-electron chi connectivity index (χ1n) is 6.09. The third-order valence-electron chi connectivity index (χ3n) is 2.93. The van der Waals surface area contributed by atoms with Crippen LogP contribution in [0, 0.1) is 0 Å². The van der Waals surface area contributed by atoms with Crippen molar-refractivity contribution in [2.45, 2.75) is 13.0 Å². The molecule has 0 bridgehead atoms. The summed E-state index contributed by atoms with van der Waals surface area (Å²) in [7, 11) is 1.60. The summed E-state index contributed by atoms with van der Waals surface area (Å²) in [4.78, 5) is 11.4. The van der Waals surface area contributed by atoms with E-state index in [1.807, 2.05) is 18.2 Å². The number of benzene rings is 1. The fraction of sp³-hybridized carbons (Fsp3) is 0.357. The molecule has 0 fully saturated rings. The van der Waals surface area contributed by atoms with Crippen LogP contribution in [0.15, 0.2) is 24.8 Å². The minimum Gasteiger partial charge on any atom is -0.497 e. The van der Waals surface area contributed by atoms with Gasteiger partial charge in [0.05, 0.1) is 19.8 Å². The quantitative estimate of drug-likeness (QED) is 0.908. The van der Waals surface area contributed by atoms with Crippen LogP contribution in [0.1, 0.15) is 12.5 Å². The number of alkyl carbamates (subject to hydrolysis) is 1. The van der Waals surface area contributed by atoms with Crippen molar-refractivity contribution in [2.75, 3.05) is 20.3 Å². The third kappa shape index (κ3) is 2.81. The molecule has 1 aromatic rings. The van der Waals surface area contributed by atoms with Crippen molar-refractivity contribution in [2.24, 2.45) is 0 Å². The third-order valence-corrected chi connectivity index (χ3v) is 2.93. The highest BCUT2D eigenvalue weighted by molar-refractivity contribution is 5.79. The largest absolute Gasteiger partial charge is 0.497 e. The molecule has 2 rings (SSSR count). The first-order valence-corrected chi connectivity index (χ1v) is 6.09. The maximum Gasteiger partial charge on any atom is 0.407 e. The molecular formula is C14H17NO4. The number of carbonyl (C=O) groups is 1. The van der Waals surface area contributed by atoms with E-state index in [-0.39, 0.29) is 6.04 Å². The molecule has 0 aromatic heterocycles. The van der Waals surface area contributed by atoms with Crippen LogP contribution in [0.25, 0.3) is 5.57 Å². The normalized spacial score (nSPS) is 17.2. The molecule has 0 saturated heterocycles. The second-order valence-corrected chi connectivity index (χ2v) is 4.12. The van der Waals surface area contributed by atoms with Crippen molar-refractivity contribution < 1.29 is 19.0 Å². The van der Waals surface area contributed by atoms with E-state index >= 15 is 0 Å². The van der Waals surface area contributed by atoms with E-state index in [1.165, 1.54) is 0 Å². The van der Waals surface area contributed by atoms with Gasteiger partial charge in [-0.3, -0.25) is 0 Å². The molecule has 19 heavy (non-hydrogen) atoms. The molecule has 1 N–H and O–H groups in total. The van der Waals surface area contributed by atoms with Crippen LogP contribution in [0.5, 0.6) is 11.5 Å². The highest BCUT2D eigenvalue weighted by Crippen LogP contribution is 2.34. The second-order valence-electron chi connectivity index (χ2n) is 4.12. The summed E-state index contributed by atoms with van der Waals surface area (Å²) in [5.41, 5.74) is 1.63. The molecule has 0 spiro atoms. The van der Waals surface area contributed by atoms with E-state index in [0.29, 0.717) is 13.2 Å². The Balaban J connectivity index is 2.16. The highest BCUT2D eigenvalue weighted by Gasteiger charge is 2.26. The minimum atomic E-state index is -0.469. The van der Waals surface area contributed by atoms with Crippen LogP contribution >= 0.6 is 0 Å². The van der Waals surface area contributed by atoms with Crippen molar-refractivity contribution in [3.8, 4) is 11.5 Å². The van der Waals surface area contributed by atoms with Gasteiger partial charge in [-0.2, -0.15) is 0 Å². The number of fused-ring (bicyclic) bond motifs is 1. The summed E-state index contributed by atoms with van der Waals surface area (Å²) in [5, 5.41) is 2.72. The summed E-state index contributed by atoms with van der Waals surface area (Å²) in [5.74, 6) is 1.47. The van der Waals surface area contributed by atoms with Crippen LogP contribution in [-0.4, -0.2) is 32.5 Å². The predicted octanol–water partition coefficient (Wildman–Crippen LogP) is 2.22. The number of hydrogen-bond acceptors (Lipinski definition) is 4. The Kier molecular flexibility index (Phi) is 3.94. The molecule has 102 valence electrons. The molecule has 0 aliphatic carbocycles. The van der Waals surface area contributed by atoms with Crippen LogP contribution in [0.2, 0.25) is 0 Å². The Morgan fingerprint density at radius 1 is 1.58 bits per heavy atom. The van der Waals surface area contributed by atoms with Gasteiger partial charge in [-0.1, -0.05) is 6.58 Å². The summed E-state index contributed by atoms with van der Waals surface area (Å²) in [6.45, 7) is 6.45. The fourth-order valence-electron chi connectivity index (χ4n) is 1.92. The smallest absolute Gasteiger partial charge is 0.407 e. The van der Waals surface area contributed by atoms with Gasteiger partial charge in [0, 0.05) is 5.56 Å². The van der Waals surface area contributed by atoms with Crippen molar-refractivity contribution >= 4 is 11.7 Å². The van der Waals surface area contributed by atoms with Gasteiger partial charge in [0.15, 0.2) is 0 Å².